The number of hydrogen-bond donors (Lipinski definition) is 1. The van der Waals surface area contributed by atoms with Crippen LogP contribution in [0, 0.1) is 0 Å². The Bertz CT molecular complexity index is 214. The lowest BCUT2D eigenvalue weighted by Gasteiger charge is -1.87. The van der Waals surface area contributed by atoms with Crippen LogP contribution in [0.3, 0.4) is 0 Å². The molecule has 0 unspecified atom stereocenters. The highest BCUT2D eigenvalue weighted by Gasteiger charge is 1.98. The van der Waals surface area contributed by atoms with Crippen LogP contribution >= 0.6 is 0 Å². The van der Waals surface area contributed by atoms with Gasteiger partial charge in [-0.05, 0) is 12.1 Å². The Morgan fingerprint density at radius 2 is 2.40 bits per heavy atom. The number of aldehydes is 1. The van der Waals surface area contributed by atoms with Crippen LogP contribution in [0.4, 0.5) is 0 Å². The molecule has 54 valence electrons. The second-order valence-electron chi connectivity index (χ2n) is 1.90. The first-order chi connectivity index (χ1) is 4.86. The minimum atomic E-state index is 0.0474. The maximum Gasteiger partial charge on any atom is 0.185 e. The van der Waals surface area contributed by atoms with E-state index in [1.165, 1.54) is 0 Å². The molecular weight excluding hydrogens is 132 g/mol. The van der Waals surface area contributed by atoms with Crippen molar-refractivity contribution in [2.75, 3.05) is 6.61 Å². The second-order valence-corrected chi connectivity index (χ2v) is 1.90. The monoisotopic (exact) mass is 140 g/mol. The fourth-order valence-corrected chi connectivity index (χ4v) is 0.702. The maximum absolute atomic E-state index is 10.1. The number of hydrogen-bond acceptors (Lipinski definition) is 3. The van der Waals surface area contributed by atoms with E-state index in [4.69, 9.17) is 9.52 Å². The fourth-order valence-electron chi connectivity index (χ4n) is 0.702. The molecule has 0 aliphatic rings. The lowest BCUT2D eigenvalue weighted by Crippen LogP contribution is -1.86. The lowest BCUT2D eigenvalue weighted by atomic mass is 10.3. The molecule has 1 aromatic rings. The number of aliphatic hydroxyl groups excluding tert-OH is 1. The van der Waals surface area contributed by atoms with E-state index in [1.54, 1.807) is 12.1 Å². The van der Waals surface area contributed by atoms with E-state index in [9.17, 15) is 4.79 Å². The summed E-state index contributed by atoms with van der Waals surface area (Å²) in [5.74, 6) is 0.952. The number of furan rings is 1. The quantitative estimate of drug-likeness (QED) is 0.626. The van der Waals surface area contributed by atoms with Gasteiger partial charge in [0.2, 0.25) is 0 Å². The van der Waals surface area contributed by atoms with Crippen molar-refractivity contribution in [2.24, 2.45) is 0 Å². The molecule has 0 amide bonds. The van der Waals surface area contributed by atoms with E-state index < -0.39 is 0 Å². The normalized spacial score (nSPS) is 9.70. The Morgan fingerprint density at radius 1 is 1.60 bits per heavy atom. The zero-order valence-corrected chi connectivity index (χ0v) is 5.41. The summed E-state index contributed by atoms with van der Waals surface area (Å²) in [6.45, 7) is 0.0474. The van der Waals surface area contributed by atoms with Gasteiger partial charge in [-0.1, -0.05) is 0 Å². The van der Waals surface area contributed by atoms with Crippen molar-refractivity contribution >= 4 is 6.29 Å². The van der Waals surface area contributed by atoms with Gasteiger partial charge in [0.15, 0.2) is 12.0 Å². The second kappa shape index (κ2) is 3.17. The van der Waals surface area contributed by atoms with Crippen LogP contribution in [0.25, 0.3) is 0 Å². The molecule has 0 fully saturated rings. The van der Waals surface area contributed by atoms with Gasteiger partial charge in [-0.25, -0.2) is 0 Å². The first-order valence-corrected chi connectivity index (χ1v) is 3.01. The van der Waals surface area contributed by atoms with Crippen molar-refractivity contribution in [1.29, 1.82) is 0 Å². The number of aliphatic hydroxyl groups is 1. The van der Waals surface area contributed by atoms with Crippen molar-refractivity contribution in [1.82, 2.24) is 0 Å². The average Bonchev–Trinajstić information content (AvgIpc) is 2.37. The Labute approximate surface area is 58.3 Å². The first kappa shape index (κ1) is 7.02. The van der Waals surface area contributed by atoms with Gasteiger partial charge in [0, 0.05) is 6.42 Å². The number of carbonyl (C=O) groups excluding carboxylic acids is 1. The van der Waals surface area contributed by atoms with Crippen LogP contribution in [0.15, 0.2) is 16.5 Å². The van der Waals surface area contributed by atoms with E-state index in [2.05, 4.69) is 0 Å². The fraction of sp³-hybridized carbons (Fsp3) is 0.286. The van der Waals surface area contributed by atoms with E-state index in [0.29, 0.717) is 24.2 Å². The molecular formula is C7H8O3. The molecule has 0 radical (unpaired) electrons. The highest BCUT2D eigenvalue weighted by atomic mass is 16.3. The van der Waals surface area contributed by atoms with Gasteiger partial charge < -0.3 is 9.52 Å². The van der Waals surface area contributed by atoms with Crippen molar-refractivity contribution in [3.05, 3.63) is 23.7 Å². The van der Waals surface area contributed by atoms with Crippen LogP contribution in [-0.4, -0.2) is 18.0 Å². The average molecular weight is 140 g/mol. The molecule has 0 saturated carbocycles. The summed E-state index contributed by atoms with van der Waals surface area (Å²) in [5, 5.41) is 8.45. The third-order valence-electron chi connectivity index (χ3n) is 1.16. The summed E-state index contributed by atoms with van der Waals surface area (Å²) in [5.41, 5.74) is 0. The Kier molecular flexibility index (Phi) is 2.23. The van der Waals surface area contributed by atoms with E-state index >= 15 is 0 Å². The van der Waals surface area contributed by atoms with Crippen LogP contribution in [0.2, 0.25) is 0 Å². The molecule has 0 saturated heterocycles. The number of rotatable bonds is 3. The molecule has 3 nitrogen and oxygen atoms in total. The smallest absolute Gasteiger partial charge is 0.185 e. The predicted molar refractivity (Wildman–Crippen MR) is 34.9 cm³/mol. The molecule has 1 N–H and O–H groups in total. The van der Waals surface area contributed by atoms with Gasteiger partial charge in [-0.2, -0.15) is 0 Å². The minimum absolute atomic E-state index is 0.0474. The molecule has 0 bridgehead atoms. The Morgan fingerprint density at radius 3 is 2.90 bits per heavy atom. The third-order valence-corrected chi connectivity index (χ3v) is 1.16. The zero-order valence-electron chi connectivity index (χ0n) is 5.41. The Balaban J connectivity index is 2.68. The molecule has 0 aliphatic carbocycles. The van der Waals surface area contributed by atoms with Crippen molar-refractivity contribution < 1.29 is 14.3 Å². The molecule has 1 rings (SSSR count). The van der Waals surface area contributed by atoms with Gasteiger partial charge in [-0.3, -0.25) is 4.79 Å². The predicted octanol–water partition coefficient (Wildman–Crippen LogP) is 0.627. The molecule has 1 aromatic heterocycles. The van der Waals surface area contributed by atoms with Gasteiger partial charge in [-0.15, -0.1) is 0 Å². The van der Waals surface area contributed by atoms with Crippen molar-refractivity contribution in [2.45, 2.75) is 6.42 Å². The molecule has 0 spiro atoms. The van der Waals surface area contributed by atoms with Crippen LogP contribution in [0.1, 0.15) is 16.3 Å². The zero-order chi connectivity index (χ0) is 7.40. The molecule has 10 heavy (non-hydrogen) atoms. The summed E-state index contributed by atoms with van der Waals surface area (Å²) in [6.07, 6.45) is 1.11. The van der Waals surface area contributed by atoms with E-state index in [-0.39, 0.29) is 6.61 Å². The topological polar surface area (TPSA) is 50.4 Å². The highest BCUT2D eigenvalue weighted by molar-refractivity contribution is 5.70. The molecule has 0 aliphatic heterocycles. The van der Waals surface area contributed by atoms with Crippen molar-refractivity contribution in [3.63, 3.8) is 0 Å². The SMILES string of the molecule is O=Cc1ccc(CCO)o1. The standard InChI is InChI=1S/C7H8O3/c8-4-3-6-1-2-7(5-9)10-6/h1-2,5,8H,3-4H2. The van der Waals surface area contributed by atoms with Gasteiger partial charge >= 0.3 is 0 Å². The molecule has 1 heterocycles. The van der Waals surface area contributed by atoms with Crippen LogP contribution in [0.5, 0.6) is 0 Å². The van der Waals surface area contributed by atoms with Gasteiger partial charge in [0.05, 0.1) is 6.61 Å². The minimum Gasteiger partial charge on any atom is -0.458 e. The van der Waals surface area contributed by atoms with Crippen LogP contribution in [-0.2, 0) is 6.42 Å². The molecule has 3 heteroatoms. The summed E-state index contributed by atoms with van der Waals surface area (Å²) >= 11 is 0. The summed E-state index contributed by atoms with van der Waals surface area (Å²) in [7, 11) is 0. The van der Waals surface area contributed by atoms with E-state index in [1.807, 2.05) is 0 Å². The van der Waals surface area contributed by atoms with Gasteiger partial charge in [0.25, 0.3) is 0 Å². The summed E-state index contributed by atoms with van der Waals surface area (Å²) < 4.78 is 4.95. The number of carbonyl (C=O) groups is 1. The largest absolute Gasteiger partial charge is 0.458 e. The first-order valence-electron chi connectivity index (χ1n) is 3.01. The van der Waals surface area contributed by atoms with Crippen LogP contribution < -0.4 is 0 Å². The highest BCUT2D eigenvalue weighted by Crippen LogP contribution is 2.05. The summed E-state index contributed by atoms with van der Waals surface area (Å²) in [4.78, 5) is 10.1. The lowest BCUT2D eigenvalue weighted by molar-refractivity contribution is 0.109. The Hall–Kier alpha value is -1.09. The third kappa shape index (κ3) is 1.45. The van der Waals surface area contributed by atoms with Crippen molar-refractivity contribution in [3.8, 4) is 0 Å². The summed E-state index contributed by atoms with van der Waals surface area (Å²) in [6, 6.07) is 3.26. The van der Waals surface area contributed by atoms with Gasteiger partial charge in [0.1, 0.15) is 5.76 Å². The molecule has 0 atom stereocenters. The molecule has 0 aromatic carbocycles. The van der Waals surface area contributed by atoms with E-state index in [0.717, 1.165) is 0 Å². The maximum atomic E-state index is 10.1.